The lowest BCUT2D eigenvalue weighted by Gasteiger charge is -2.24. The maximum atomic E-state index is 11.6. The lowest BCUT2D eigenvalue weighted by molar-refractivity contribution is 0.317. The van der Waals surface area contributed by atoms with Gasteiger partial charge in [-0.2, -0.15) is 0 Å². The predicted octanol–water partition coefficient (Wildman–Crippen LogP) is 3.05. The van der Waals surface area contributed by atoms with Crippen LogP contribution in [0.25, 0.3) is 0 Å². The molecule has 0 spiro atoms. The highest BCUT2D eigenvalue weighted by molar-refractivity contribution is 7.53. The summed E-state index contributed by atoms with van der Waals surface area (Å²) in [5.41, 5.74) is -0.141. The summed E-state index contributed by atoms with van der Waals surface area (Å²) in [7, 11) is -3.37. The van der Waals surface area contributed by atoms with E-state index in [1.54, 1.807) is 13.0 Å². The first-order chi connectivity index (χ1) is 6.17. The molecular formula is C9H17O3P. The number of allylic oxidation sites excluding steroid dienone is 1. The second-order valence-corrected chi connectivity index (χ2v) is 5.50. The summed E-state index contributed by atoms with van der Waals surface area (Å²) in [6.45, 7) is 1.76. The molecule has 0 aromatic carbocycles. The van der Waals surface area contributed by atoms with Crippen LogP contribution in [0.4, 0.5) is 0 Å². The van der Waals surface area contributed by atoms with Gasteiger partial charge in [-0.15, -0.1) is 0 Å². The first kappa shape index (κ1) is 10.8. The van der Waals surface area contributed by atoms with Gasteiger partial charge in [-0.25, -0.2) is 4.57 Å². The van der Waals surface area contributed by atoms with Crippen molar-refractivity contribution in [2.75, 3.05) is 0 Å². The third kappa shape index (κ3) is 3.17. The molecule has 1 aliphatic carbocycles. The van der Waals surface area contributed by atoms with Gasteiger partial charge in [0.05, 0.1) is 11.9 Å². The zero-order chi connectivity index (χ0) is 9.73. The molecule has 0 heterocycles. The molecule has 1 saturated carbocycles. The zero-order valence-electron chi connectivity index (χ0n) is 7.98. The summed E-state index contributed by atoms with van der Waals surface area (Å²) in [6, 6.07) is 0. The van der Waals surface area contributed by atoms with Crippen LogP contribution >= 0.6 is 7.60 Å². The highest BCUT2D eigenvalue weighted by Gasteiger charge is 2.33. The Morgan fingerprint density at radius 3 is 2.54 bits per heavy atom. The molecule has 0 radical (unpaired) electrons. The summed E-state index contributed by atoms with van der Waals surface area (Å²) in [5, 5.41) is 0. The molecule has 1 atom stereocenters. The fraction of sp³-hybridized carbons (Fsp3) is 0.778. The van der Waals surface area contributed by atoms with Crippen LogP contribution in [0, 0.1) is 0 Å². The van der Waals surface area contributed by atoms with Crippen molar-refractivity contribution in [3.05, 3.63) is 12.3 Å². The largest absolute Gasteiger partial charge is 0.433 e. The molecule has 1 unspecified atom stereocenters. The third-order valence-corrected chi connectivity index (χ3v) is 4.25. The van der Waals surface area contributed by atoms with Crippen LogP contribution in [0.1, 0.15) is 39.0 Å². The van der Waals surface area contributed by atoms with Gasteiger partial charge in [0.1, 0.15) is 0 Å². The van der Waals surface area contributed by atoms with Crippen LogP contribution in [0.5, 0.6) is 0 Å². The lowest BCUT2D eigenvalue weighted by atomic mass is 10.0. The molecule has 0 bridgehead atoms. The Morgan fingerprint density at radius 2 is 2.00 bits per heavy atom. The predicted molar refractivity (Wildman–Crippen MR) is 52.6 cm³/mol. The maximum Gasteiger partial charge on any atom is 0.379 e. The molecular weight excluding hydrogens is 187 g/mol. The Labute approximate surface area is 79.3 Å². The standard InChI is InChI=1S/C9H17O3P/c1-2-8-12-13(10,11)9-6-4-3-5-7-9/h2,8-9H,3-7H2,1H3,(H,10,11). The van der Waals surface area contributed by atoms with Crippen molar-refractivity contribution in [2.45, 2.75) is 44.7 Å². The minimum atomic E-state index is -3.37. The van der Waals surface area contributed by atoms with Crippen molar-refractivity contribution >= 4 is 7.60 Å². The van der Waals surface area contributed by atoms with Crippen molar-refractivity contribution in [3.63, 3.8) is 0 Å². The van der Waals surface area contributed by atoms with Crippen LogP contribution in [0.2, 0.25) is 0 Å². The Hall–Kier alpha value is -0.270. The molecule has 4 heteroatoms. The molecule has 3 nitrogen and oxygen atoms in total. The third-order valence-electron chi connectivity index (χ3n) is 2.38. The van der Waals surface area contributed by atoms with Gasteiger partial charge in [0, 0.05) is 0 Å². The highest BCUT2D eigenvalue weighted by Crippen LogP contribution is 2.52. The van der Waals surface area contributed by atoms with Gasteiger partial charge in [-0.3, -0.25) is 0 Å². The maximum absolute atomic E-state index is 11.6. The molecule has 1 fully saturated rings. The van der Waals surface area contributed by atoms with Gasteiger partial charge in [0.15, 0.2) is 0 Å². The van der Waals surface area contributed by atoms with Gasteiger partial charge in [-0.05, 0) is 19.8 Å². The minimum absolute atomic E-state index is 0.141. The van der Waals surface area contributed by atoms with E-state index >= 15 is 0 Å². The molecule has 0 aromatic rings. The van der Waals surface area contributed by atoms with E-state index < -0.39 is 7.60 Å². The molecule has 0 aliphatic heterocycles. The average Bonchev–Trinajstić information content (AvgIpc) is 2.16. The Morgan fingerprint density at radius 1 is 1.38 bits per heavy atom. The van der Waals surface area contributed by atoms with Gasteiger partial charge in [-0.1, -0.05) is 25.3 Å². The molecule has 1 aliphatic rings. The summed E-state index contributed by atoms with van der Waals surface area (Å²) in [5.74, 6) is 0. The molecule has 1 N–H and O–H groups in total. The zero-order valence-corrected chi connectivity index (χ0v) is 8.87. The summed E-state index contributed by atoms with van der Waals surface area (Å²) in [4.78, 5) is 9.55. The Bertz CT molecular complexity index is 219. The topological polar surface area (TPSA) is 46.5 Å². The van der Waals surface area contributed by atoms with Gasteiger partial charge in [0.25, 0.3) is 0 Å². The van der Waals surface area contributed by atoms with Crippen LogP contribution < -0.4 is 0 Å². The average molecular weight is 204 g/mol. The summed E-state index contributed by atoms with van der Waals surface area (Å²) >= 11 is 0. The molecule has 0 saturated heterocycles. The van der Waals surface area contributed by atoms with E-state index in [4.69, 9.17) is 4.52 Å². The first-order valence-electron chi connectivity index (χ1n) is 4.79. The second kappa shape index (κ2) is 4.83. The fourth-order valence-electron chi connectivity index (χ4n) is 1.64. The van der Waals surface area contributed by atoms with E-state index in [2.05, 4.69) is 0 Å². The molecule has 0 aromatic heterocycles. The van der Waals surface area contributed by atoms with E-state index in [1.807, 2.05) is 0 Å². The lowest BCUT2D eigenvalue weighted by Crippen LogP contribution is -2.13. The monoisotopic (exact) mass is 204 g/mol. The molecule has 1 rings (SSSR count). The van der Waals surface area contributed by atoms with Crippen LogP contribution in [-0.2, 0) is 9.09 Å². The highest BCUT2D eigenvalue weighted by atomic mass is 31.2. The molecule has 76 valence electrons. The quantitative estimate of drug-likeness (QED) is 0.567. The van der Waals surface area contributed by atoms with E-state index in [9.17, 15) is 9.46 Å². The van der Waals surface area contributed by atoms with Crippen molar-refractivity contribution in [1.82, 2.24) is 0 Å². The fourth-order valence-corrected chi connectivity index (χ4v) is 3.13. The van der Waals surface area contributed by atoms with Crippen molar-refractivity contribution in [3.8, 4) is 0 Å². The van der Waals surface area contributed by atoms with Crippen LogP contribution in [0.15, 0.2) is 12.3 Å². The molecule has 0 amide bonds. The van der Waals surface area contributed by atoms with Gasteiger partial charge < -0.3 is 9.42 Å². The SMILES string of the molecule is CC=COP(=O)(O)C1CCCCC1. The smallest absolute Gasteiger partial charge is 0.379 e. The van der Waals surface area contributed by atoms with E-state index in [1.165, 1.54) is 12.7 Å². The van der Waals surface area contributed by atoms with Crippen molar-refractivity contribution in [1.29, 1.82) is 0 Å². The normalized spacial score (nSPS) is 24.5. The number of hydrogen-bond acceptors (Lipinski definition) is 2. The minimum Gasteiger partial charge on any atom is -0.433 e. The van der Waals surface area contributed by atoms with E-state index in [-0.39, 0.29) is 5.66 Å². The Kier molecular flexibility index (Phi) is 4.01. The Balaban J connectivity index is 2.51. The van der Waals surface area contributed by atoms with Gasteiger partial charge >= 0.3 is 7.60 Å². The number of rotatable bonds is 3. The van der Waals surface area contributed by atoms with Crippen molar-refractivity contribution in [2.24, 2.45) is 0 Å². The molecule has 13 heavy (non-hydrogen) atoms. The van der Waals surface area contributed by atoms with E-state index in [0.29, 0.717) is 0 Å². The summed E-state index contributed by atoms with van der Waals surface area (Å²) < 4.78 is 16.5. The van der Waals surface area contributed by atoms with E-state index in [0.717, 1.165) is 25.7 Å². The summed E-state index contributed by atoms with van der Waals surface area (Å²) in [6.07, 6.45) is 7.88. The van der Waals surface area contributed by atoms with Gasteiger partial charge in [0.2, 0.25) is 0 Å². The first-order valence-corrected chi connectivity index (χ1v) is 6.43. The van der Waals surface area contributed by atoms with Crippen LogP contribution in [-0.4, -0.2) is 10.6 Å². The van der Waals surface area contributed by atoms with Crippen molar-refractivity contribution < 1.29 is 14.0 Å². The van der Waals surface area contributed by atoms with Crippen LogP contribution in [0.3, 0.4) is 0 Å². The number of hydrogen-bond donors (Lipinski definition) is 1. The second-order valence-electron chi connectivity index (χ2n) is 3.43.